The molecule has 2 fully saturated rings. The Hall–Kier alpha value is -2.55. The summed E-state index contributed by atoms with van der Waals surface area (Å²) in [4.78, 5) is 30.3. The summed E-state index contributed by atoms with van der Waals surface area (Å²) < 4.78 is 18.6. The van der Waals surface area contributed by atoms with Crippen molar-refractivity contribution in [1.29, 1.82) is 0 Å². The van der Waals surface area contributed by atoms with E-state index in [9.17, 15) is 19.1 Å². The van der Waals surface area contributed by atoms with Crippen molar-refractivity contribution in [3.8, 4) is 0 Å². The molecule has 4 rings (SSSR count). The number of rotatable bonds is 6. The second kappa shape index (κ2) is 9.07. The maximum atomic E-state index is 13.3. The summed E-state index contributed by atoms with van der Waals surface area (Å²) in [5.74, 6) is -2.03. The Morgan fingerprint density at radius 1 is 1.13 bits per heavy atom. The van der Waals surface area contributed by atoms with Crippen molar-refractivity contribution in [3.63, 3.8) is 0 Å². The van der Waals surface area contributed by atoms with Crippen molar-refractivity contribution < 1.29 is 23.8 Å². The quantitative estimate of drug-likeness (QED) is 0.433. The molecule has 2 aliphatic rings. The van der Waals surface area contributed by atoms with Gasteiger partial charge in [-0.05, 0) is 42.1 Å². The van der Waals surface area contributed by atoms with E-state index in [0.29, 0.717) is 31.7 Å². The first-order chi connectivity index (χ1) is 14.6. The Balaban J connectivity index is 1.61. The maximum absolute atomic E-state index is 13.3. The number of aliphatic hydroxyl groups is 1. The predicted molar refractivity (Wildman–Crippen MR) is 112 cm³/mol. The van der Waals surface area contributed by atoms with E-state index in [1.807, 2.05) is 17.5 Å². The van der Waals surface area contributed by atoms with Crippen LogP contribution in [0.1, 0.15) is 22.9 Å². The van der Waals surface area contributed by atoms with Crippen LogP contribution in [-0.2, 0) is 14.3 Å². The number of ketones is 1. The summed E-state index contributed by atoms with van der Waals surface area (Å²) in [5, 5.41) is 12.7. The van der Waals surface area contributed by atoms with Crippen molar-refractivity contribution in [2.75, 3.05) is 39.4 Å². The van der Waals surface area contributed by atoms with Crippen molar-refractivity contribution in [1.82, 2.24) is 9.80 Å². The number of Topliss-reactive ketones (excluding diaryl/α,β-unsaturated/α-hetero) is 1. The Bertz CT molecular complexity index is 937. The Kier molecular flexibility index (Phi) is 6.26. The van der Waals surface area contributed by atoms with E-state index >= 15 is 0 Å². The number of hydrogen-bond donors (Lipinski definition) is 1. The number of ether oxygens (including phenoxy) is 1. The minimum Gasteiger partial charge on any atom is -0.507 e. The highest BCUT2D eigenvalue weighted by molar-refractivity contribution is 7.10. The van der Waals surface area contributed by atoms with Crippen molar-refractivity contribution >= 4 is 28.8 Å². The molecule has 0 aliphatic carbocycles. The SMILES string of the molecule is O=C1C(=O)N(CCCN2CCOCC2)C(c2cccs2)C1=C(O)c1ccc(F)cc1. The number of likely N-dealkylation sites (tertiary alicyclic amines) is 1. The molecule has 2 saturated heterocycles. The van der Waals surface area contributed by atoms with Gasteiger partial charge in [-0.1, -0.05) is 6.07 Å². The highest BCUT2D eigenvalue weighted by Crippen LogP contribution is 2.41. The van der Waals surface area contributed by atoms with Gasteiger partial charge in [0.2, 0.25) is 0 Å². The second-order valence-electron chi connectivity index (χ2n) is 7.32. The number of carbonyl (C=O) groups excluding carboxylic acids is 2. The molecule has 1 N–H and O–H groups in total. The molecule has 0 bridgehead atoms. The minimum absolute atomic E-state index is 0.0560. The fourth-order valence-electron chi connectivity index (χ4n) is 3.91. The third-order valence-electron chi connectivity index (χ3n) is 5.45. The zero-order chi connectivity index (χ0) is 21.1. The summed E-state index contributed by atoms with van der Waals surface area (Å²) in [6.07, 6.45) is 0.714. The van der Waals surface area contributed by atoms with Gasteiger partial charge in [-0.25, -0.2) is 4.39 Å². The Morgan fingerprint density at radius 3 is 2.53 bits per heavy atom. The Labute approximate surface area is 178 Å². The zero-order valence-corrected chi connectivity index (χ0v) is 17.2. The Morgan fingerprint density at radius 2 is 1.87 bits per heavy atom. The lowest BCUT2D eigenvalue weighted by Gasteiger charge is -2.28. The van der Waals surface area contributed by atoms with E-state index in [1.54, 1.807) is 4.90 Å². The van der Waals surface area contributed by atoms with Gasteiger partial charge in [-0.3, -0.25) is 14.5 Å². The van der Waals surface area contributed by atoms with E-state index in [-0.39, 0.29) is 11.3 Å². The largest absolute Gasteiger partial charge is 0.507 e. The maximum Gasteiger partial charge on any atom is 0.295 e. The van der Waals surface area contributed by atoms with Crippen LogP contribution in [0.4, 0.5) is 4.39 Å². The van der Waals surface area contributed by atoms with Crippen molar-refractivity contribution in [2.24, 2.45) is 0 Å². The first kappa shape index (κ1) is 20.7. The minimum atomic E-state index is -0.707. The highest BCUT2D eigenvalue weighted by atomic mass is 32.1. The molecule has 1 aromatic carbocycles. The van der Waals surface area contributed by atoms with Gasteiger partial charge in [-0.15, -0.1) is 11.3 Å². The molecule has 0 radical (unpaired) electrons. The third kappa shape index (κ3) is 4.16. The summed E-state index contributed by atoms with van der Waals surface area (Å²) in [6, 6.07) is 8.31. The fraction of sp³-hybridized carbons (Fsp3) is 0.364. The number of halogens is 1. The molecule has 2 aromatic rings. The van der Waals surface area contributed by atoms with Crippen molar-refractivity contribution in [2.45, 2.75) is 12.5 Å². The van der Waals surface area contributed by atoms with Gasteiger partial charge in [0, 0.05) is 36.6 Å². The van der Waals surface area contributed by atoms with Gasteiger partial charge in [0.1, 0.15) is 11.6 Å². The molecule has 8 heteroatoms. The molecule has 1 amide bonds. The molecule has 3 heterocycles. The van der Waals surface area contributed by atoms with Crippen LogP contribution in [0.5, 0.6) is 0 Å². The number of amides is 1. The predicted octanol–water partition coefficient (Wildman–Crippen LogP) is 3.03. The van der Waals surface area contributed by atoms with Gasteiger partial charge < -0.3 is 14.7 Å². The number of nitrogens with zero attached hydrogens (tertiary/aromatic N) is 2. The van der Waals surface area contributed by atoms with Gasteiger partial charge in [-0.2, -0.15) is 0 Å². The third-order valence-corrected chi connectivity index (χ3v) is 6.37. The summed E-state index contributed by atoms with van der Waals surface area (Å²) >= 11 is 1.43. The summed E-state index contributed by atoms with van der Waals surface area (Å²) in [5.41, 5.74) is 0.365. The monoisotopic (exact) mass is 430 g/mol. The van der Waals surface area contributed by atoms with Gasteiger partial charge in [0.05, 0.1) is 24.8 Å². The van der Waals surface area contributed by atoms with E-state index in [2.05, 4.69) is 4.90 Å². The topological polar surface area (TPSA) is 70.1 Å². The smallest absolute Gasteiger partial charge is 0.295 e. The normalized spacial score (nSPS) is 22.0. The number of thiophene rings is 1. The number of benzene rings is 1. The van der Waals surface area contributed by atoms with Crippen LogP contribution in [0, 0.1) is 5.82 Å². The van der Waals surface area contributed by atoms with Crippen LogP contribution in [0.3, 0.4) is 0 Å². The molecular weight excluding hydrogens is 407 g/mol. The molecule has 6 nitrogen and oxygen atoms in total. The van der Waals surface area contributed by atoms with E-state index in [4.69, 9.17) is 4.74 Å². The molecule has 0 saturated carbocycles. The van der Waals surface area contributed by atoms with Gasteiger partial charge in [0.15, 0.2) is 0 Å². The molecule has 30 heavy (non-hydrogen) atoms. The van der Waals surface area contributed by atoms with Crippen LogP contribution in [0.25, 0.3) is 5.76 Å². The molecule has 1 aromatic heterocycles. The molecule has 1 unspecified atom stereocenters. The lowest BCUT2D eigenvalue weighted by atomic mass is 10.00. The van der Waals surface area contributed by atoms with E-state index in [0.717, 1.165) is 24.5 Å². The summed E-state index contributed by atoms with van der Waals surface area (Å²) in [6.45, 7) is 4.34. The highest BCUT2D eigenvalue weighted by Gasteiger charge is 2.46. The molecule has 0 spiro atoms. The van der Waals surface area contributed by atoms with E-state index < -0.39 is 23.5 Å². The number of aliphatic hydroxyl groups excluding tert-OH is 1. The summed E-state index contributed by atoms with van der Waals surface area (Å²) in [7, 11) is 0. The molecular formula is C22H23FN2O4S. The van der Waals surface area contributed by atoms with Crippen LogP contribution in [-0.4, -0.2) is 66.0 Å². The van der Waals surface area contributed by atoms with Gasteiger partial charge in [0.25, 0.3) is 11.7 Å². The molecule has 2 aliphatic heterocycles. The van der Waals surface area contributed by atoms with Crippen LogP contribution in [0.2, 0.25) is 0 Å². The van der Waals surface area contributed by atoms with Gasteiger partial charge >= 0.3 is 0 Å². The van der Waals surface area contributed by atoms with E-state index in [1.165, 1.54) is 35.6 Å². The number of morpholine rings is 1. The first-order valence-corrected chi connectivity index (χ1v) is 10.8. The lowest BCUT2D eigenvalue weighted by molar-refractivity contribution is -0.140. The number of hydrogen-bond acceptors (Lipinski definition) is 6. The molecule has 158 valence electrons. The van der Waals surface area contributed by atoms with Crippen LogP contribution >= 0.6 is 11.3 Å². The van der Waals surface area contributed by atoms with Crippen molar-refractivity contribution in [3.05, 3.63) is 63.6 Å². The fourth-order valence-corrected chi connectivity index (χ4v) is 4.75. The average molecular weight is 431 g/mol. The number of carbonyl (C=O) groups is 2. The zero-order valence-electron chi connectivity index (χ0n) is 16.4. The molecule has 1 atom stereocenters. The van der Waals surface area contributed by atoms with Crippen LogP contribution < -0.4 is 0 Å². The first-order valence-electron chi connectivity index (χ1n) is 9.94. The standard InChI is InChI=1S/C22H23FN2O4S/c23-16-6-4-15(5-7-16)20(26)18-19(17-3-1-14-30-17)25(22(28)21(18)27)9-2-8-24-10-12-29-13-11-24/h1,3-7,14,19,26H,2,8-13H2. The lowest BCUT2D eigenvalue weighted by Crippen LogP contribution is -2.38. The van der Waals surface area contributed by atoms with Crippen LogP contribution in [0.15, 0.2) is 47.4 Å². The second-order valence-corrected chi connectivity index (χ2v) is 8.30. The average Bonchev–Trinajstić information content (AvgIpc) is 3.37.